The lowest BCUT2D eigenvalue weighted by atomic mass is 9.81. The fraction of sp³-hybridized carbons (Fsp3) is 0.571. The van der Waals surface area contributed by atoms with E-state index >= 15 is 0 Å². The number of hydrogen-bond acceptors (Lipinski definition) is 2. The number of hydrogen-bond donors (Lipinski definition) is 1. The Hall–Kier alpha value is -0.540. The maximum absolute atomic E-state index is 12.8. The second-order valence-corrected chi connectivity index (χ2v) is 5.88. The van der Waals surface area contributed by atoms with Gasteiger partial charge in [0, 0.05) is 16.7 Å². The molecule has 0 heterocycles. The highest BCUT2D eigenvalue weighted by Crippen LogP contribution is 2.31. The van der Waals surface area contributed by atoms with Crippen LogP contribution in [0.15, 0.2) is 29.2 Å². The van der Waals surface area contributed by atoms with E-state index < -0.39 is 0 Å². The lowest BCUT2D eigenvalue weighted by Crippen LogP contribution is -2.32. The molecule has 3 heteroatoms. The minimum absolute atomic E-state index is 0.158. The van der Waals surface area contributed by atoms with Gasteiger partial charge in [0.15, 0.2) is 0 Å². The van der Waals surface area contributed by atoms with Crippen LogP contribution in [0.3, 0.4) is 0 Å². The summed E-state index contributed by atoms with van der Waals surface area (Å²) in [5, 5.41) is 3.39. The van der Waals surface area contributed by atoms with Crippen molar-refractivity contribution in [3.63, 3.8) is 0 Å². The van der Waals surface area contributed by atoms with Crippen molar-refractivity contribution >= 4 is 11.8 Å². The highest BCUT2D eigenvalue weighted by molar-refractivity contribution is 7.99. The largest absolute Gasteiger partial charge is 0.316 e. The molecule has 0 radical (unpaired) electrons. The molecule has 1 fully saturated rings. The molecule has 1 N–H and O–H groups in total. The van der Waals surface area contributed by atoms with Gasteiger partial charge >= 0.3 is 0 Å². The van der Waals surface area contributed by atoms with Crippen molar-refractivity contribution in [2.24, 2.45) is 5.92 Å². The van der Waals surface area contributed by atoms with Gasteiger partial charge in [0.05, 0.1) is 0 Å². The second-order valence-electron chi connectivity index (χ2n) is 4.78. The normalized spacial score (nSPS) is 17.8. The van der Waals surface area contributed by atoms with Crippen LogP contribution < -0.4 is 5.32 Å². The standard InChI is InChI=1S/C14H20FNS/c1-16-13(9-11-3-2-4-11)10-17-14-7-5-12(15)6-8-14/h5-8,11,13,16H,2-4,9-10H2,1H3. The Morgan fingerprint density at radius 2 is 2.06 bits per heavy atom. The molecule has 0 aromatic heterocycles. The van der Waals surface area contributed by atoms with Crippen LogP contribution >= 0.6 is 11.8 Å². The average molecular weight is 253 g/mol. The average Bonchev–Trinajstić information content (AvgIpc) is 2.29. The van der Waals surface area contributed by atoms with Gasteiger partial charge in [0.2, 0.25) is 0 Å². The summed E-state index contributed by atoms with van der Waals surface area (Å²) in [7, 11) is 2.04. The second kappa shape index (κ2) is 6.41. The molecule has 0 aliphatic heterocycles. The van der Waals surface area contributed by atoms with Gasteiger partial charge in [-0.15, -0.1) is 11.8 Å². The summed E-state index contributed by atoms with van der Waals surface area (Å²) in [6.45, 7) is 0. The van der Waals surface area contributed by atoms with E-state index in [1.54, 1.807) is 0 Å². The Morgan fingerprint density at radius 3 is 2.59 bits per heavy atom. The molecule has 1 aromatic rings. The predicted octanol–water partition coefficient (Wildman–Crippen LogP) is 3.70. The molecule has 1 unspecified atom stereocenters. The van der Waals surface area contributed by atoms with Crippen LogP contribution in [0.2, 0.25) is 0 Å². The SMILES string of the molecule is CNC(CSc1ccc(F)cc1)CC1CCC1. The maximum atomic E-state index is 12.8. The van der Waals surface area contributed by atoms with Crippen LogP contribution in [-0.4, -0.2) is 18.8 Å². The molecule has 1 aliphatic rings. The van der Waals surface area contributed by atoms with Crippen LogP contribution in [0.4, 0.5) is 4.39 Å². The van der Waals surface area contributed by atoms with Gasteiger partial charge in [-0.1, -0.05) is 19.3 Å². The third-order valence-electron chi connectivity index (χ3n) is 3.52. The summed E-state index contributed by atoms with van der Waals surface area (Å²) in [4.78, 5) is 1.15. The van der Waals surface area contributed by atoms with E-state index in [1.165, 1.54) is 37.8 Å². The smallest absolute Gasteiger partial charge is 0.123 e. The van der Waals surface area contributed by atoms with Crippen LogP contribution in [0.25, 0.3) is 0 Å². The number of halogens is 1. The zero-order valence-electron chi connectivity index (χ0n) is 10.3. The summed E-state index contributed by atoms with van der Waals surface area (Å²) in [6.07, 6.45) is 5.50. The Balaban J connectivity index is 1.76. The first kappa shape index (κ1) is 12.9. The van der Waals surface area contributed by atoms with Crippen molar-refractivity contribution in [1.82, 2.24) is 5.32 Å². The highest BCUT2D eigenvalue weighted by atomic mass is 32.2. The molecule has 1 nitrogen and oxygen atoms in total. The monoisotopic (exact) mass is 253 g/mol. The van der Waals surface area contributed by atoms with Crippen LogP contribution in [0, 0.1) is 11.7 Å². The molecular weight excluding hydrogens is 233 g/mol. The molecule has 0 saturated heterocycles. The topological polar surface area (TPSA) is 12.0 Å². The van der Waals surface area contributed by atoms with E-state index in [0.29, 0.717) is 6.04 Å². The van der Waals surface area contributed by atoms with E-state index in [9.17, 15) is 4.39 Å². The zero-order valence-corrected chi connectivity index (χ0v) is 11.1. The van der Waals surface area contributed by atoms with E-state index in [-0.39, 0.29) is 5.82 Å². The number of thioether (sulfide) groups is 1. The number of nitrogens with one attached hydrogen (secondary N) is 1. The lowest BCUT2D eigenvalue weighted by Gasteiger charge is -2.29. The maximum Gasteiger partial charge on any atom is 0.123 e. The predicted molar refractivity (Wildman–Crippen MR) is 71.9 cm³/mol. The number of benzene rings is 1. The summed E-state index contributed by atoms with van der Waals surface area (Å²) in [5.74, 6) is 1.84. The van der Waals surface area contributed by atoms with Gasteiger partial charge in [0.1, 0.15) is 5.82 Å². The van der Waals surface area contributed by atoms with E-state index in [0.717, 1.165) is 16.6 Å². The Labute approximate surface area is 107 Å². The van der Waals surface area contributed by atoms with E-state index in [4.69, 9.17) is 0 Å². The zero-order chi connectivity index (χ0) is 12.1. The molecular formula is C14H20FNS. The van der Waals surface area contributed by atoms with Crippen molar-refractivity contribution < 1.29 is 4.39 Å². The van der Waals surface area contributed by atoms with Crippen molar-refractivity contribution in [2.45, 2.75) is 36.6 Å². The van der Waals surface area contributed by atoms with Gasteiger partial charge in [-0.3, -0.25) is 0 Å². The summed E-state index contributed by atoms with van der Waals surface area (Å²) >= 11 is 1.81. The van der Waals surface area contributed by atoms with Crippen molar-refractivity contribution in [3.8, 4) is 0 Å². The van der Waals surface area contributed by atoms with Crippen molar-refractivity contribution in [2.75, 3.05) is 12.8 Å². The van der Waals surface area contributed by atoms with Crippen molar-refractivity contribution in [3.05, 3.63) is 30.1 Å². The van der Waals surface area contributed by atoms with Gasteiger partial charge in [-0.2, -0.15) is 0 Å². The molecule has 0 amide bonds. The van der Waals surface area contributed by atoms with Gasteiger partial charge < -0.3 is 5.32 Å². The summed E-state index contributed by atoms with van der Waals surface area (Å²) in [5.41, 5.74) is 0. The van der Waals surface area contributed by atoms with Crippen LogP contribution in [0.1, 0.15) is 25.7 Å². The summed E-state index contributed by atoms with van der Waals surface area (Å²) in [6, 6.07) is 7.35. The molecule has 1 aromatic carbocycles. The molecule has 0 spiro atoms. The first-order chi connectivity index (χ1) is 8.28. The first-order valence-electron chi connectivity index (χ1n) is 6.33. The molecule has 1 atom stereocenters. The fourth-order valence-electron chi connectivity index (χ4n) is 2.13. The third kappa shape index (κ3) is 4.00. The molecule has 1 saturated carbocycles. The molecule has 0 bridgehead atoms. The Morgan fingerprint density at radius 1 is 1.35 bits per heavy atom. The number of rotatable bonds is 6. The van der Waals surface area contributed by atoms with Gasteiger partial charge in [-0.05, 0) is 43.7 Å². The fourth-order valence-corrected chi connectivity index (χ4v) is 3.15. The molecule has 94 valence electrons. The lowest BCUT2D eigenvalue weighted by molar-refractivity contribution is 0.272. The van der Waals surface area contributed by atoms with E-state index in [2.05, 4.69) is 5.32 Å². The van der Waals surface area contributed by atoms with Crippen LogP contribution in [-0.2, 0) is 0 Å². The summed E-state index contributed by atoms with van der Waals surface area (Å²) < 4.78 is 12.8. The molecule has 1 aliphatic carbocycles. The molecule has 2 rings (SSSR count). The van der Waals surface area contributed by atoms with Gasteiger partial charge in [-0.25, -0.2) is 4.39 Å². The minimum Gasteiger partial charge on any atom is -0.316 e. The third-order valence-corrected chi connectivity index (χ3v) is 4.69. The quantitative estimate of drug-likeness (QED) is 0.776. The highest BCUT2D eigenvalue weighted by Gasteiger charge is 2.21. The molecule has 17 heavy (non-hydrogen) atoms. The van der Waals surface area contributed by atoms with Gasteiger partial charge in [0.25, 0.3) is 0 Å². The Bertz CT molecular complexity index is 335. The first-order valence-corrected chi connectivity index (χ1v) is 7.32. The van der Waals surface area contributed by atoms with E-state index in [1.807, 2.05) is 30.9 Å². The Kier molecular flexibility index (Phi) is 4.86. The van der Waals surface area contributed by atoms with Crippen molar-refractivity contribution in [1.29, 1.82) is 0 Å². The van der Waals surface area contributed by atoms with Crippen LogP contribution in [0.5, 0.6) is 0 Å². The minimum atomic E-state index is -0.158.